The highest BCUT2D eigenvalue weighted by Gasteiger charge is 2.33. The lowest BCUT2D eigenvalue weighted by atomic mass is 9.89. The van der Waals surface area contributed by atoms with E-state index < -0.39 is 11.9 Å². The Hall–Kier alpha value is -2.41. The molecule has 140 valence electrons. The van der Waals surface area contributed by atoms with E-state index in [1.165, 1.54) is 10.5 Å². The zero-order valence-corrected chi connectivity index (χ0v) is 15.2. The van der Waals surface area contributed by atoms with Gasteiger partial charge in [-0.25, -0.2) is 0 Å². The summed E-state index contributed by atoms with van der Waals surface area (Å²) in [5.41, 5.74) is 1.74. The quantitative estimate of drug-likeness (QED) is 0.633. The van der Waals surface area contributed by atoms with Crippen molar-refractivity contribution in [2.24, 2.45) is 0 Å². The first kappa shape index (κ1) is 18.4. The number of carbonyl (C=O) groups excluding carboxylic acids is 3. The van der Waals surface area contributed by atoms with E-state index in [9.17, 15) is 14.4 Å². The van der Waals surface area contributed by atoms with E-state index in [4.69, 9.17) is 4.74 Å². The summed E-state index contributed by atoms with van der Waals surface area (Å²) in [5, 5.41) is 2.29. The molecule has 3 amide bonds. The van der Waals surface area contributed by atoms with Gasteiger partial charge in [0.05, 0.1) is 12.8 Å². The number of amides is 3. The third-order valence-corrected chi connectivity index (χ3v) is 5.33. The first-order chi connectivity index (χ1) is 12.5. The summed E-state index contributed by atoms with van der Waals surface area (Å²) in [5.74, 6) is 0.282. The van der Waals surface area contributed by atoms with Gasteiger partial charge in [0, 0.05) is 6.42 Å². The monoisotopic (exact) mass is 359 g/mol. The van der Waals surface area contributed by atoms with Crippen LogP contribution in [0.15, 0.2) is 18.2 Å². The third-order valence-electron chi connectivity index (χ3n) is 5.33. The molecular formula is C19H25N3O4. The second kappa shape index (κ2) is 7.86. The summed E-state index contributed by atoms with van der Waals surface area (Å²) in [6, 6.07) is 5.11. The molecule has 2 aliphatic rings. The molecule has 0 radical (unpaired) electrons. The number of benzene rings is 1. The highest BCUT2D eigenvalue weighted by molar-refractivity contribution is 6.04. The number of hydrogen-bond donors (Lipinski definition) is 1. The van der Waals surface area contributed by atoms with Crippen LogP contribution < -0.4 is 15.0 Å². The molecule has 1 aromatic rings. The van der Waals surface area contributed by atoms with Crippen molar-refractivity contribution in [2.45, 2.75) is 37.6 Å². The minimum atomic E-state index is -0.701. The molecule has 0 bridgehead atoms. The van der Waals surface area contributed by atoms with Crippen molar-refractivity contribution in [3.05, 3.63) is 23.8 Å². The second-order valence-corrected chi connectivity index (χ2v) is 6.99. The number of rotatable bonds is 5. The van der Waals surface area contributed by atoms with Crippen molar-refractivity contribution >= 4 is 23.9 Å². The van der Waals surface area contributed by atoms with Gasteiger partial charge in [0.15, 0.2) is 0 Å². The maximum absolute atomic E-state index is 12.1. The fourth-order valence-corrected chi connectivity index (χ4v) is 3.75. The normalized spacial score (nSPS) is 22.0. The average molecular weight is 359 g/mol. The van der Waals surface area contributed by atoms with Crippen molar-refractivity contribution in [1.82, 2.24) is 10.2 Å². The molecule has 1 atom stereocenters. The van der Waals surface area contributed by atoms with E-state index >= 15 is 0 Å². The Morgan fingerprint density at radius 2 is 1.96 bits per heavy atom. The van der Waals surface area contributed by atoms with Crippen molar-refractivity contribution in [3.63, 3.8) is 0 Å². The van der Waals surface area contributed by atoms with Crippen LogP contribution in [-0.2, 0) is 14.4 Å². The van der Waals surface area contributed by atoms with Crippen LogP contribution >= 0.6 is 0 Å². The number of carbonyl (C=O) groups is 3. The number of hydrogen-bond acceptors (Lipinski definition) is 5. The number of imide groups is 1. The van der Waals surface area contributed by atoms with Gasteiger partial charge in [-0.05, 0) is 63.0 Å². The maximum atomic E-state index is 12.1. The smallest absolute Gasteiger partial charge is 0.249 e. The minimum absolute atomic E-state index is 0.219. The number of ether oxygens (including phenoxy) is 1. The van der Waals surface area contributed by atoms with Crippen LogP contribution in [-0.4, -0.2) is 56.4 Å². The van der Waals surface area contributed by atoms with Crippen LogP contribution in [0.3, 0.4) is 0 Å². The Morgan fingerprint density at radius 3 is 2.58 bits per heavy atom. The van der Waals surface area contributed by atoms with Gasteiger partial charge in [-0.15, -0.1) is 0 Å². The number of methoxy groups -OCH3 is 1. The van der Waals surface area contributed by atoms with E-state index in [1.54, 1.807) is 7.11 Å². The Kier molecular flexibility index (Phi) is 5.56. The predicted molar refractivity (Wildman–Crippen MR) is 97.2 cm³/mol. The highest BCUT2D eigenvalue weighted by Crippen LogP contribution is 2.36. The third kappa shape index (κ3) is 3.72. The van der Waals surface area contributed by atoms with Crippen LogP contribution in [0.25, 0.3) is 0 Å². The highest BCUT2D eigenvalue weighted by atomic mass is 16.5. The van der Waals surface area contributed by atoms with Gasteiger partial charge in [-0.3, -0.25) is 24.6 Å². The van der Waals surface area contributed by atoms with Crippen molar-refractivity contribution < 1.29 is 19.1 Å². The molecule has 1 N–H and O–H groups in total. The first-order valence-electron chi connectivity index (χ1n) is 8.97. The molecule has 0 aliphatic carbocycles. The van der Waals surface area contributed by atoms with E-state index in [1.807, 2.05) is 18.2 Å². The fraction of sp³-hybridized carbons (Fsp3) is 0.526. The standard InChI is InChI=1S/C19H25N3O4/c1-21-9-7-13(8-10-21)14-3-4-15(17(11-14)26-2)22(12-23)16-5-6-18(24)20-19(16)25/h3-4,11-13,16H,5-10H2,1-2H3,(H,20,24,25). The van der Waals surface area contributed by atoms with Crippen LogP contribution in [0.1, 0.15) is 37.2 Å². The van der Waals surface area contributed by atoms with E-state index in [2.05, 4.69) is 17.3 Å². The van der Waals surface area contributed by atoms with Crippen LogP contribution in [0, 0.1) is 0 Å². The minimum Gasteiger partial charge on any atom is -0.495 e. The molecule has 2 aliphatic heterocycles. The van der Waals surface area contributed by atoms with Crippen LogP contribution in [0.2, 0.25) is 0 Å². The summed E-state index contributed by atoms with van der Waals surface area (Å²) in [7, 11) is 3.69. The Morgan fingerprint density at radius 1 is 1.23 bits per heavy atom. The number of anilines is 1. The molecular weight excluding hydrogens is 334 g/mol. The lowest BCUT2D eigenvalue weighted by Crippen LogP contribution is -2.52. The summed E-state index contributed by atoms with van der Waals surface area (Å²) in [4.78, 5) is 38.9. The summed E-state index contributed by atoms with van der Waals surface area (Å²) >= 11 is 0. The van der Waals surface area contributed by atoms with E-state index in [0.717, 1.165) is 25.9 Å². The van der Waals surface area contributed by atoms with Gasteiger partial charge in [-0.2, -0.15) is 0 Å². The first-order valence-corrected chi connectivity index (χ1v) is 8.97. The molecule has 26 heavy (non-hydrogen) atoms. The van der Waals surface area contributed by atoms with Crippen LogP contribution in [0.5, 0.6) is 5.75 Å². The summed E-state index contributed by atoms with van der Waals surface area (Å²) in [6.07, 6.45) is 3.33. The Labute approximate surface area is 153 Å². The molecule has 7 nitrogen and oxygen atoms in total. The molecule has 0 saturated carbocycles. The van der Waals surface area contributed by atoms with Crippen molar-refractivity contribution in [3.8, 4) is 5.75 Å². The molecule has 1 aromatic carbocycles. The topological polar surface area (TPSA) is 79.0 Å². The zero-order chi connectivity index (χ0) is 18.7. The maximum Gasteiger partial charge on any atom is 0.249 e. The van der Waals surface area contributed by atoms with Gasteiger partial charge in [0.1, 0.15) is 11.8 Å². The molecule has 0 spiro atoms. The lowest BCUT2D eigenvalue weighted by molar-refractivity contribution is -0.134. The molecule has 2 fully saturated rings. The molecule has 3 rings (SSSR count). The number of nitrogens with zero attached hydrogens (tertiary/aromatic N) is 2. The molecule has 0 aromatic heterocycles. The van der Waals surface area contributed by atoms with Crippen molar-refractivity contribution in [1.29, 1.82) is 0 Å². The number of piperidine rings is 2. The Bertz CT molecular complexity index is 698. The zero-order valence-electron chi connectivity index (χ0n) is 15.2. The fourth-order valence-electron chi connectivity index (χ4n) is 3.75. The summed E-state index contributed by atoms with van der Waals surface area (Å²) < 4.78 is 5.52. The second-order valence-electron chi connectivity index (χ2n) is 6.99. The van der Waals surface area contributed by atoms with Gasteiger partial charge in [0.2, 0.25) is 18.2 Å². The molecule has 2 saturated heterocycles. The number of likely N-dealkylation sites (tertiary alicyclic amines) is 1. The molecule has 2 heterocycles. The van der Waals surface area contributed by atoms with Gasteiger partial charge in [-0.1, -0.05) is 6.07 Å². The van der Waals surface area contributed by atoms with Gasteiger partial charge in [0.25, 0.3) is 0 Å². The number of nitrogens with one attached hydrogen (secondary N) is 1. The average Bonchev–Trinajstić information content (AvgIpc) is 2.64. The Balaban J connectivity index is 1.85. The van der Waals surface area contributed by atoms with Gasteiger partial charge >= 0.3 is 0 Å². The van der Waals surface area contributed by atoms with Crippen molar-refractivity contribution in [2.75, 3.05) is 32.1 Å². The molecule has 7 heteroatoms. The molecule has 1 unspecified atom stereocenters. The van der Waals surface area contributed by atoms with E-state index in [0.29, 0.717) is 30.2 Å². The predicted octanol–water partition coefficient (Wildman–Crippen LogP) is 1.27. The van der Waals surface area contributed by atoms with Gasteiger partial charge < -0.3 is 9.64 Å². The largest absolute Gasteiger partial charge is 0.495 e. The van der Waals surface area contributed by atoms with E-state index in [-0.39, 0.29) is 12.3 Å². The van der Waals surface area contributed by atoms with Crippen LogP contribution in [0.4, 0.5) is 5.69 Å². The summed E-state index contributed by atoms with van der Waals surface area (Å²) in [6.45, 7) is 2.12. The lowest BCUT2D eigenvalue weighted by Gasteiger charge is -2.32. The SMILES string of the molecule is COc1cc(C2CCN(C)CC2)ccc1N(C=O)C1CCC(=O)NC1=O.